The molecule has 0 aliphatic carbocycles. The molecule has 1 unspecified atom stereocenters. The second-order valence-corrected chi connectivity index (χ2v) is 6.21. The third-order valence-electron chi connectivity index (χ3n) is 3.77. The van der Waals surface area contributed by atoms with Crippen LogP contribution in [0.2, 0.25) is 0 Å². The Morgan fingerprint density at radius 1 is 0.667 bits per heavy atom. The van der Waals surface area contributed by atoms with Gasteiger partial charge in [-0.1, -0.05) is 72.4 Å². The fourth-order valence-corrected chi connectivity index (χ4v) is 3.82. The highest BCUT2D eigenvalue weighted by Gasteiger charge is 2.22. The minimum atomic E-state index is 0.193. The number of para-hydroxylation sites is 1. The third kappa shape index (κ3) is 2.32. The summed E-state index contributed by atoms with van der Waals surface area (Å²) < 4.78 is 0. The van der Waals surface area contributed by atoms with Crippen LogP contribution in [0.25, 0.3) is 0 Å². The first-order chi connectivity index (χ1) is 10.4. The Labute approximate surface area is 129 Å². The van der Waals surface area contributed by atoms with Crippen molar-refractivity contribution in [2.75, 3.05) is 5.32 Å². The van der Waals surface area contributed by atoms with Gasteiger partial charge in [-0.15, -0.1) is 0 Å². The number of anilines is 1. The van der Waals surface area contributed by atoms with Crippen LogP contribution in [0.3, 0.4) is 0 Å². The van der Waals surface area contributed by atoms with Crippen LogP contribution < -0.4 is 5.32 Å². The Balaban J connectivity index is 1.90. The second kappa shape index (κ2) is 5.30. The van der Waals surface area contributed by atoms with Gasteiger partial charge in [-0.25, -0.2) is 0 Å². The van der Waals surface area contributed by atoms with Crippen molar-refractivity contribution in [2.45, 2.75) is 15.8 Å². The predicted molar refractivity (Wildman–Crippen MR) is 88.9 cm³/mol. The molecule has 1 nitrogen and oxygen atoms in total. The number of nitrogens with one attached hydrogen (secondary N) is 1. The number of fused-ring (bicyclic) bond motifs is 2. The molecule has 0 radical (unpaired) electrons. The Hall–Kier alpha value is -2.19. The average molecular weight is 289 g/mol. The van der Waals surface area contributed by atoms with Crippen molar-refractivity contribution >= 4 is 17.4 Å². The van der Waals surface area contributed by atoms with E-state index in [4.69, 9.17) is 0 Å². The molecule has 1 atom stereocenters. The first kappa shape index (κ1) is 12.5. The van der Waals surface area contributed by atoms with Crippen molar-refractivity contribution in [2.24, 2.45) is 0 Å². The summed E-state index contributed by atoms with van der Waals surface area (Å²) >= 11 is 1.84. The molecule has 0 aromatic heterocycles. The maximum atomic E-state index is 3.71. The molecule has 102 valence electrons. The lowest BCUT2D eigenvalue weighted by Crippen LogP contribution is -2.12. The Bertz CT molecular complexity index is 767. The third-order valence-corrected chi connectivity index (χ3v) is 4.94. The monoisotopic (exact) mass is 289 g/mol. The van der Waals surface area contributed by atoms with Crippen LogP contribution in [0.4, 0.5) is 5.69 Å². The molecule has 0 fully saturated rings. The van der Waals surface area contributed by atoms with Gasteiger partial charge in [0.15, 0.2) is 0 Å². The number of benzene rings is 3. The van der Waals surface area contributed by atoms with Crippen LogP contribution in [0.15, 0.2) is 88.7 Å². The molecule has 0 saturated carbocycles. The van der Waals surface area contributed by atoms with Gasteiger partial charge in [-0.05, 0) is 29.3 Å². The van der Waals surface area contributed by atoms with E-state index in [1.54, 1.807) is 0 Å². The van der Waals surface area contributed by atoms with Gasteiger partial charge >= 0.3 is 0 Å². The summed E-state index contributed by atoms with van der Waals surface area (Å²) in [5.74, 6) is 0. The van der Waals surface area contributed by atoms with Crippen molar-refractivity contribution in [1.29, 1.82) is 0 Å². The first-order valence-electron chi connectivity index (χ1n) is 7.09. The van der Waals surface area contributed by atoms with Gasteiger partial charge < -0.3 is 5.32 Å². The van der Waals surface area contributed by atoms with Crippen LogP contribution >= 0.6 is 11.8 Å². The minimum Gasteiger partial charge on any atom is -0.373 e. The molecule has 3 aromatic rings. The summed E-state index contributed by atoms with van der Waals surface area (Å²) in [7, 11) is 0. The van der Waals surface area contributed by atoms with Gasteiger partial charge in [0.1, 0.15) is 0 Å². The Kier molecular flexibility index (Phi) is 3.17. The van der Waals surface area contributed by atoms with E-state index in [9.17, 15) is 0 Å². The van der Waals surface area contributed by atoms with Gasteiger partial charge in [0.25, 0.3) is 0 Å². The van der Waals surface area contributed by atoms with Crippen molar-refractivity contribution in [3.63, 3.8) is 0 Å². The lowest BCUT2D eigenvalue weighted by atomic mass is 9.98. The summed E-state index contributed by atoms with van der Waals surface area (Å²) in [5.41, 5.74) is 3.83. The first-order valence-corrected chi connectivity index (χ1v) is 7.91. The highest BCUT2D eigenvalue weighted by molar-refractivity contribution is 7.99. The van der Waals surface area contributed by atoms with Gasteiger partial charge in [0.2, 0.25) is 0 Å². The lowest BCUT2D eigenvalue weighted by Gasteiger charge is -2.20. The van der Waals surface area contributed by atoms with Crippen LogP contribution in [0.5, 0.6) is 0 Å². The zero-order valence-corrected chi connectivity index (χ0v) is 12.3. The highest BCUT2D eigenvalue weighted by Crippen LogP contribution is 2.43. The van der Waals surface area contributed by atoms with Gasteiger partial charge in [0, 0.05) is 15.5 Å². The molecule has 0 saturated heterocycles. The zero-order valence-electron chi connectivity index (χ0n) is 11.5. The number of rotatable bonds is 1. The maximum absolute atomic E-state index is 3.71. The molecule has 3 aromatic carbocycles. The second-order valence-electron chi connectivity index (χ2n) is 5.12. The summed E-state index contributed by atoms with van der Waals surface area (Å²) in [6, 6.07) is 28.0. The number of hydrogen-bond acceptors (Lipinski definition) is 2. The van der Waals surface area contributed by atoms with Crippen LogP contribution in [-0.4, -0.2) is 0 Å². The van der Waals surface area contributed by atoms with E-state index < -0.39 is 0 Å². The quantitative estimate of drug-likeness (QED) is 0.648. The SMILES string of the molecule is c1ccc(C2Nc3ccccc3Sc3ccccc32)cc1. The molecule has 1 aliphatic heterocycles. The van der Waals surface area contributed by atoms with Gasteiger partial charge in [-0.3, -0.25) is 0 Å². The van der Waals surface area contributed by atoms with Crippen LogP contribution in [-0.2, 0) is 0 Å². The number of hydrogen-bond donors (Lipinski definition) is 1. The van der Waals surface area contributed by atoms with Crippen molar-refractivity contribution in [3.05, 3.63) is 90.0 Å². The van der Waals surface area contributed by atoms with Crippen molar-refractivity contribution < 1.29 is 0 Å². The molecule has 1 aliphatic rings. The van der Waals surface area contributed by atoms with Gasteiger partial charge in [0.05, 0.1) is 6.04 Å². The fourth-order valence-electron chi connectivity index (χ4n) is 2.75. The van der Waals surface area contributed by atoms with E-state index in [0.717, 1.165) is 0 Å². The Morgan fingerprint density at radius 2 is 1.33 bits per heavy atom. The standard InChI is InChI=1S/C19H15NS/c1-2-8-14(9-3-1)19-15-10-4-6-12-17(15)21-18-13-7-5-11-16(18)20-19/h1-13,19-20H. The molecule has 1 N–H and O–H groups in total. The molecular weight excluding hydrogens is 274 g/mol. The maximum Gasteiger partial charge on any atom is 0.0778 e. The highest BCUT2D eigenvalue weighted by atomic mass is 32.2. The van der Waals surface area contributed by atoms with E-state index >= 15 is 0 Å². The molecule has 0 amide bonds. The smallest absolute Gasteiger partial charge is 0.0778 e. The van der Waals surface area contributed by atoms with E-state index in [1.165, 1.54) is 26.6 Å². The van der Waals surface area contributed by atoms with Gasteiger partial charge in [-0.2, -0.15) is 0 Å². The van der Waals surface area contributed by atoms with E-state index in [-0.39, 0.29) is 6.04 Å². The van der Waals surface area contributed by atoms with E-state index in [0.29, 0.717) is 0 Å². The molecule has 0 spiro atoms. The molecule has 1 heterocycles. The summed E-state index contributed by atoms with van der Waals surface area (Å²) in [4.78, 5) is 2.60. The molecule has 0 bridgehead atoms. The minimum absolute atomic E-state index is 0.193. The van der Waals surface area contributed by atoms with Crippen LogP contribution in [0.1, 0.15) is 17.2 Å². The normalized spacial score (nSPS) is 16.3. The van der Waals surface area contributed by atoms with E-state index in [1.807, 2.05) is 11.8 Å². The summed E-state index contributed by atoms with van der Waals surface area (Å²) in [5, 5.41) is 3.71. The van der Waals surface area contributed by atoms with Crippen LogP contribution in [0, 0.1) is 0 Å². The fraction of sp³-hybridized carbons (Fsp3) is 0.0526. The largest absolute Gasteiger partial charge is 0.373 e. The average Bonchev–Trinajstić information content (AvgIpc) is 2.72. The molecule has 2 heteroatoms. The van der Waals surface area contributed by atoms with E-state index in [2.05, 4.69) is 84.2 Å². The topological polar surface area (TPSA) is 12.0 Å². The summed E-state index contributed by atoms with van der Waals surface area (Å²) in [6.45, 7) is 0. The van der Waals surface area contributed by atoms with Crippen molar-refractivity contribution in [1.82, 2.24) is 0 Å². The predicted octanol–water partition coefficient (Wildman–Crippen LogP) is 5.35. The van der Waals surface area contributed by atoms with Crippen molar-refractivity contribution in [3.8, 4) is 0 Å². The summed E-state index contributed by atoms with van der Waals surface area (Å²) in [6.07, 6.45) is 0. The Morgan fingerprint density at radius 3 is 2.19 bits per heavy atom. The molecule has 21 heavy (non-hydrogen) atoms. The zero-order chi connectivity index (χ0) is 14.1. The molecule has 4 rings (SSSR count). The molecular formula is C19H15NS. The lowest BCUT2D eigenvalue weighted by molar-refractivity contribution is 0.913.